The van der Waals surface area contributed by atoms with E-state index in [1.165, 1.54) is 0 Å². The maximum Gasteiger partial charge on any atom is 0.251 e. The normalized spacial score (nSPS) is 11.7. The van der Waals surface area contributed by atoms with Crippen LogP contribution in [0, 0.1) is 0 Å². The smallest absolute Gasteiger partial charge is 0.251 e. The van der Waals surface area contributed by atoms with E-state index in [4.69, 9.17) is 21.1 Å². The first-order chi connectivity index (χ1) is 11.5. The zero-order valence-corrected chi connectivity index (χ0v) is 14.9. The number of benzene rings is 2. The number of amides is 1. The van der Waals surface area contributed by atoms with Gasteiger partial charge in [-0.1, -0.05) is 30.7 Å². The van der Waals surface area contributed by atoms with Crippen LogP contribution in [-0.2, 0) is 6.61 Å². The molecule has 24 heavy (non-hydrogen) atoms. The lowest BCUT2D eigenvalue weighted by atomic mass is 10.1. The van der Waals surface area contributed by atoms with Gasteiger partial charge in [0.1, 0.15) is 18.1 Å². The van der Waals surface area contributed by atoms with Gasteiger partial charge in [0, 0.05) is 17.2 Å². The van der Waals surface area contributed by atoms with Crippen molar-refractivity contribution in [1.29, 1.82) is 0 Å². The molecule has 0 spiro atoms. The van der Waals surface area contributed by atoms with E-state index in [1.807, 2.05) is 26.0 Å². The fourth-order valence-electron chi connectivity index (χ4n) is 2.16. The topological polar surface area (TPSA) is 47.6 Å². The highest BCUT2D eigenvalue weighted by Crippen LogP contribution is 2.26. The standard InChI is InChI=1S/C19H22ClNO3/c1-4-13(2)21-19(22)14-9-10-17(23-3)15(11-14)12-24-18-8-6-5-7-16(18)20/h5-11,13H,4,12H2,1-3H3,(H,21,22)/t13-/m0/s1. The molecule has 1 atom stereocenters. The number of carbonyl (C=O) groups is 1. The minimum absolute atomic E-state index is 0.106. The predicted molar refractivity (Wildman–Crippen MR) is 96.0 cm³/mol. The van der Waals surface area contributed by atoms with Crippen LogP contribution < -0.4 is 14.8 Å². The van der Waals surface area contributed by atoms with Crippen LogP contribution in [0.1, 0.15) is 36.2 Å². The zero-order chi connectivity index (χ0) is 17.5. The molecule has 2 aromatic rings. The fraction of sp³-hybridized carbons (Fsp3) is 0.316. The molecule has 0 aromatic heterocycles. The number of methoxy groups -OCH3 is 1. The Hall–Kier alpha value is -2.20. The summed E-state index contributed by atoms with van der Waals surface area (Å²) in [6.45, 7) is 4.27. The Morgan fingerprint density at radius 2 is 1.96 bits per heavy atom. The van der Waals surface area contributed by atoms with E-state index < -0.39 is 0 Å². The van der Waals surface area contributed by atoms with Crippen molar-refractivity contribution in [3.05, 3.63) is 58.6 Å². The van der Waals surface area contributed by atoms with Gasteiger partial charge in [0.25, 0.3) is 5.91 Å². The predicted octanol–water partition coefficient (Wildman–Crippen LogP) is 4.46. The highest BCUT2D eigenvalue weighted by Gasteiger charge is 2.13. The monoisotopic (exact) mass is 347 g/mol. The molecular formula is C19H22ClNO3. The number of hydrogen-bond donors (Lipinski definition) is 1. The fourth-order valence-corrected chi connectivity index (χ4v) is 2.35. The summed E-state index contributed by atoms with van der Waals surface area (Å²) in [5.41, 5.74) is 1.36. The highest BCUT2D eigenvalue weighted by molar-refractivity contribution is 6.32. The summed E-state index contributed by atoms with van der Waals surface area (Å²) < 4.78 is 11.1. The van der Waals surface area contributed by atoms with Gasteiger partial charge in [-0.15, -0.1) is 0 Å². The van der Waals surface area contributed by atoms with Gasteiger partial charge in [-0.2, -0.15) is 0 Å². The zero-order valence-electron chi connectivity index (χ0n) is 14.1. The van der Waals surface area contributed by atoms with E-state index in [0.717, 1.165) is 12.0 Å². The van der Waals surface area contributed by atoms with Gasteiger partial charge in [-0.25, -0.2) is 0 Å². The second-order valence-corrected chi connectivity index (χ2v) is 5.94. The van der Waals surface area contributed by atoms with Crippen LogP contribution >= 0.6 is 11.6 Å². The third-order valence-electron chi connectivity index (χ3n) is 3.75. The lowest BCUT2D eigenvalue weighted by Crippen LogP contribution is -2.31. The van der Waals surface area contributed by atoms with E-state index in [1.54, 1.807) is 37.4 Å². The van der Waals surface area contributed by atoms with Crippen molar-refractivity contribution in [3.63, 3.8) is 0 Å². The van der Waals surface area contributed by atoms with E-state index >= 15 is 0 Å². The van der Waals surface area contributed by atoms with Crippen molar-refractivity contribution >= 4 is 17.5 Å². The number of halogens is 1. The molecule has 0 saturated carbocycles. The molecule has 128 valence electrons. The second kappa shape index (κ2) is 8.60. The molecule has 0 radical (unpaired) electrons. The van der Waals surface area contributed by atoms with Gasteiger partial charge in [0.05, 0.1) is 12.1 Å². The first kappa shape index (κ1) is 18.1. The Morgan fingerprint density at radius 3 is 2.62 bits per heavy atom. The minimum atomic E-state index is -0.106. The van der Waals surface area contributed by atoms with Gasteiger partial charge in [0.15, 0.2) is 0 Å². The maximum absolute atomic E-state index is 12.3. The Balaban J connectivity index is 2.17. The maximum atomic E-state index is 12.3. The van der Waals surface area contributed by atoms with Crippen LogP contribution in [0.5, 0.6) is 11.5 Å². The Bertz CT molecular complexity index is 703. The van der Waals surface area contributed by atoms with Crippen molar-refractivity contribution in [3.8, 4) is 11.5 Å². The first-order valence-corrected chi connectivity index (χ1v) is 8.28. The van der Waals surface area contributed by atoms with Crippen molar-refractivity contribution < 1.29 is 14.3 Å². The number of carbonyl (C=O) groups excluding carboxylic acids is 1. The molecule has 0 fully saturated rings. The molecule has 0 unspecified atom stereocenters. The van der Waals surface area contributed by atoms with Crippen molar-refractivity contribution in [2.75, 3.05) is 7.11 Å². The Morgan fingerprint density at radius 1 is 1.21 bits per heavy atom. The molecule has 0 saturated heterocycles. The number of ether oxygens (including phenoxy) is 2. The van der Waals surface area contributed by atoms with Gasteiger partial charge in [0.2, 0.25) is 0 Å². The SMILES string of the molecule is CC[C@H](C)NC(=O)c1ccc(OC)c(COc2ccccc2Cl)c1. The van der Waals surface area contributed by atoms with E-state index in [-0.39, 0.29) is 18.6 Å². The lowest BCUT2D eigenvalue weighted by Gasteiger charge is -2.14. The average Bonchev–Trinajstić information content (AvgIpc) is 2.60. The molecule has 2 aromatic carbocycles. The van der Waals surface area contributed by atoms with Crippen LogP contribution in [0.25, 0.3) is 0 Å². The second-order valence-electron chi connectivity index (χ2n) is 5.53. The minimum Gasteiger partial charge on any atom is -0.496 e. The molecule has 5 heteroatoms. The largest absolute Gasteiger partial charge is 0.496 e. The van der Waals surface area contributed by atoms with E-state index in [0.29, 0.717) is 22.1 Å². The summed E-state index contributed by atoms with van der Waals surface area (Å²) in [5.74, 6) is 1.16. The highest BCUT2D eigenvalue weighted by atomic mass is 35.5. The van der Waals surface area contributed by atoms with E-state index in [2.05, 4.69) is 5.32 Å². The van der Waals surface area contributed by atoms with Gasteiger partial charge in [-0.3, -0.25) is 4.79 Å². The molecule has 1 N–H and O–H groups in total. The number of nitrogens with one attached hydrogen (secondary N) is 1. The van der Waals surface area contributed by atoms with Crippen LogP contribution in [0.15, 0.2) is 42.5 Å². The summed E-state index contributed by atoms with van der Waals surface area (Å²) in [6, 6.07) is 12.7. The van der Waals surface area contributed by atoms with Crippen LogP contribution in [-0.4, -0.2) is 19.1 Å². The molecule has 0 aliphatic rings. The van der Waals surface area contributed by atoms with Crippen LogP contribution in [0.4, 0.5) is 0 Å². The molecule has 0 bridgehead atoms. The van der Waals surface area contributed by atoms with Crippen molar-refractivity contribution in [2.24, 2.45) is 0 Å². The quantitative estimate of drug-likeness (QED) is 0.804. The summed E-state index contributed by atoms with van der Waals surface area (Å²) in [7, 11) is 1.59. The lowest BCUT2D eigenvalue weighted by molar-refractivity contribution is 0.0939. The third kappa shape index (κ3) is 4.65. The summed E-state index contributed by atoms with van der Waals surface area (Å²) in [6.07, 6.45) is 0.879. The van der Waals surface area contributed by atoms with Crippen molar-refractivity contribution in [1.82, 2.24) is 5.32 Å². The van der Waals surface area contributed by atoms with Gasteiger partial charge >= 0.3 is 0 Å². The van der Waals surface area contributed by atoms with Gasteiger partial charge in [-0.05, 0) is 43.7 Å². The third-order valence-corrected chi connectivity index (χ3v) is 4.06. The molecular weight excluding hydrogens is 326 g/mol. The Labute approximate surface area is 147 Å². The molecule has 0 heterocycles. The molecule has 1 amide bonds. The van der Waals surface area contributed by atoms with Crippen LogP contribution in [0.2, 0.25) is 5.02 Å². The van der Waals surface area contributed by atoms with E-state index in [9.17, 15) is 4.79 Å². The average molecular weight is 348 g/mol. The number of para-hydroxylation sites is 1. The summed E-state index contributed by atoms with van der Waals surface area (Å²) in [4.78, 5) is 12.3. The first-order valence-electron chi connectivity index (χ1n) is 7.90. The number of rotatable bonds is 7. The molecule has 0 aliphatic heterocycles. The molecule has 0 aliphatic carbocycles. The molecule has 2 rings (SSSR count). The van der Waals surface area contributed by atoms with Gasteiger partial charge < -0.3 is 14.8 Å². The molecule has 4 nitrogen and oxygen atoms in total. The number of hydrogen-bond acceptors (Lipinski definition) is 3. The summed E-state index contributed by atoms with van der Waals surface area (Å²) in [5, 5.41) is 3.50. The van der Waals surface area contributed by atoms with Crippen LogP contribution in [0.3, 0.4) is 0 Å². The van der Waals surface area contributed by atoms with Crippen molar-refractivity contribution in [2.45, 2.75) is 32.9 Å². The Kier molecular flexibility index (Phi) is 6.50. The summed E-state index contributed by atoms with van der Waals surface area (Å²) >= 11 is 6.10.